The van der Waals surface area contributed by atoms with Gasteiger partial charge >= 0.3 is 0 Å². The summed E-state index contributed by atoms with van der Waals surface area (Å²) in [4.78, 5) is 13.2. The summed E-state index contributed by atoms with van der Waals surface area (Å²) in [6, 6.07) is -0.722. The van der Waals surface area contributed by atoms with Crippen LogP contribution in [-0.4, -0.2) is 87.5 Å². The van der Waals surface area contributed by atoms with Gasteiger partial charge in [-0.1, -0.05) is 356 Å². The highest BCUT2D eigenvalue weighted by atomic mass is 16.7. The summed E-state index contributed by atoms with van der Waals surface area (Å²) in [6.07, 6.45) is 88.1. The summed E-state index contributed by atoms with van der Waals surface area (Å²) in [6.45, 7) is 3.77. The van der Waals surface area contributed by atoms with Crippen molar-refractivity contribution in [2.75, 3.05) is 13.2 Å². The number of aliphatic hydroxyl groups is 5. The van der Waals surface area contributed by atoms with E-state index < -0.39 is 49.5 Å². The molecule has 1 rings (SSSR count). The third-order valence-corrected chi connectivity index (χ3v) is 17.5. The van der Waals surface area contributed by atoms with E-state index in [4.69, 9.17) is 9.47 Å². The van der Waals surface area contributed by atoms with Crippen LogP contribution in [0.1, 0.15) is 348 Å². The van der Waals surface area contributed by atoms with Gasteiger partial charge in [-0.2, -0.15) is 0 Å². The van der Waals surface area contributed by atoms with E-state index in [0.717, 1.165) is 83.5 Å². The maximum Gasteiger partial charge on any atom is 0.220 e. The number of ether oxygens (including phenoxy) is 2. The average molecular weight is 1220 g/mol. The van der Waals surface area contributed by atoms with E-state index in [1.807, 2.05) is 0 Å². The smallest absolute Gasteiger partial charge is 0.220 e. The molecular weight excluding hydrogens is 1080 g/mol. The Morgan fingerprint density at radius 3 is 1.06 bits per heavy atom. The Hall–Kier alpha value is -2.63. The fraction of sp³-hybridized carbons (Fsp3) is 0.808. The van der Waals surface area contributed by atoms with E-state index in [9.17, 15) is 30.3 Å². The van der Waals surface area contributed by atoms with Crippen LogP contribution >= 0.6 is 0 Å². The molecule has 1 aliphatic rings. The predicted molar refractivity (Wildman–Crippen MR) is 373 cm³/mol. The summed E-state index contributed by atoms with van der Waals surface area (Å²) in [5.74, 6) is -0.139. The molecule has 1 saturated heterocycles. The first-order chi connectivity index (χ1) is 42.8. The van der Waals surface area contributed by atoms with Crippen LogP contribution in [0.4, 0.5) is 0 Å². The molecule has 0 bridgehead atoms. The molecule has 87 heavy (non-hydrogen) atoms. The molecule has 1 heterocycles. The number of nitrogens with one attached hydrogen (secondary N) is 1. The lowest BCUT2D eigenvalue weighted by Gasteiger charge is -2.40. The number of hydrogen-bond donors (Lipinski definition) is 6. The summed E-state index contributed by atoms with van der Waals surface area (Å²) < 4.78 is 11.4. The van der Waals surface area contributed by atoms with Crippen molar-refractivity contribution >= 4 is 5.91 Å². The van der Waals surface area contributed by atoms with Crippen molar-refractivity contribution in [3.05, 3.63) is 85.1 Å². The van der Waals surface area contributed by atoms with Crippen LogP contribution in [0.5, 0.6) is 0 Å². The first-order valence-corrected chi connectivity index (χ1v) is 37.3. The van der Waals surface area contributed by atoms with Crippen molar-refractivity contribution in [2.24, 2.45) is 0 Å². The zero-order valence-corrected chi connectivity index (χ0v) is 56.8. The first-order valence-electron chi connectivity index (χ1n) is 37.3. The Labute approximate surface area is 537 Å². The van der Waals surface area contributed by atoms with Gasteiger partial charge in [-0.05, 0) is 70.6 Å². The lowest BCUT2D eigenvalue weighted by Crippen LogP contribution is -2.60. The lowest BCUT2D eigenvalue weighted by molar-refractivity contribution is -0.302. The summed E-state index contributed by atoms with van der Waals surface area (Å²) in [7, 11) is 0. The fourth-order valence-electron chi connectivity index (χ4n) is 11.7. The number of rotatable bonds is 65. The summed E-state index contributed by atoms with van der Waals surface area (Å²) >= 11 is 0. The van der Waals surface area contributed by atoms with E-state index >= 15 is 0 Å². The molecule has 0 aromatic carbocycles. The van der Waals surface area contributed by atoms with Gasteiger partial charge in [-0.3, -0.25) is 4.79 Å². The second-order valence-corrected chi connectivity index (χ2v) is 25.7. The average Bonchev–Trinajstić information content (AvgIpc) is 3.47. The Morgan fingerprint density at radius 1 is 0.402 bits per heavy atom. The topological polar surface area (TPSA) is 149 Å². The normalized spacial score (nSPS) is 18.4. The number of aliphatic hydroxyl groups excluding tert-OH is 5. The standard InChI is InChI=1S/C78H141NO8/c1-3-5-7-9-11-13-15-17-19-21-23-25-27-28-29-30-31-32-33-34-35-36-37-38-39-40-41-42-43-44-46-48-50-52-54-56-58-60-62-64-66-68-74(82)79-71(70-86-78-77(85)76(84)75(83)73(69-80)87-78)72(81)67-65-63-61-59-57-55-53-51-49-47-45-26-24-22-20-18-16-14-12-10-8-6-4-2/h5,7,11,13,17,19,23,25,28-29,31-32,34-35,71-73,75-78,80-81,83-85H,3-4,6,8-10,12,14-16,18,20-22,24,26-27,30,33,36-70H2,1-2H3,(H,79,82)/b7-5-,13-11-,19-17-,25-23-,29-28-,32-31-,35-34-. The van der Waals surface area contributed by atoms with Crippen LogP contribution in [-0.2, 0) is 14.3 Å². The second-order valence-electron chi connectivity index (χ2n) is 25.7. The highest BCUT2D eigenvalue weighted by Crippen LogP contribution is 2.24. The van der Waals surface area contributed by atoms with Crippen LogP contribution < -0.4 is 5.32 Å². The molecule has 0 radical (unpaired) electrons. The number of carbonyl (C=O) groups excluding carboxylic acids is 1. The molecule has 6 N–H and O–H groups in total. The molecule has 0 saturated carbocycles. The van der Waals surface area contributed by atoms with Crippen molar-refractivity contribution in [1.82, 2.24) is 5.32 Å². The van der Waals surface area contributed by atoms with E-state index in [2.05, 4.69) is 104 Å². The van der Waals surface area contributed by atoms with Gasteiger partial charge in [0.25, 0.3) is 0 Å². The predicted octanol–water partition coefficient (Wildman–Crippen LogP) is 20.9. The lowest BCUT2D eigenvalue weighted by atomic mass is 9.99. The molecule has 7 unspecified atom stereocenters. The minimum absolute atomic E-state index is 0.136. The molecule has 1 fully saturated rings. The fourth-order valence-corrected chi connectivity index (χ4v) is 11.7. The Kier molecular flexibility index (Phi) is 62.8. The molecule has 9 heteroatoms. The second kappa shape index (κ2) is 66.3. The molecule has 1 aliphatic heterocycles. The first kappa shape index (κ1) is 82.4. The van der Waals surface area contributed by atoms with Crippen molar-refractivity contribution in [3.8, 4) is 0 Å². The Morgan fingerprint density at radius 2 is 0.713 bits per heavy atom. The van der Waals surface area contributed by atoms with Crippen molar-refractivity contribution < 1.29 is 39.8 Å². The van der Waals surface area contributed by atoms with E-state index in [1.165, 1.54) is 238 Å². The molecule has 9 nitrogen and oxygen atoms in total. The van der Waals surface area contributed by atoms with E-state index in [-0.39, 0.29) is 12.5 Å². The molecule has 1 amide bonds. The van der Waals surface area contributed by atoms with Crippen molar-refractivity contribution in [3.63, 3.8) is 0 Å². The molecule has 0 aromatic heterocycles. The summed E-state index contributed by atoms with van der Waals surface area (Å²) in [5, 5.41) is 55.0. The van der Waals surface area contributed by atoms with Gasteiger partial charge < -0.3 is 40.3 Å². The van der Waals surface area contributed by atoms with Gasteiger partial charge in [0.2, 0.25) is 5.91 Å². The maximum atomic E-state index is 13.2. The van der Waals surface area contributed by atoms with Crippen LogP contribution in [0, 0.1) is 0 Å². The van der Waals surface area contributed by atoms with Gasteiger partial charge in [0.1, 0.15) is 24.4 Å². The highest BCUT2D eigenvalue weighted by Gasteiger charge is 2.44. The van der Waals surface area contributed by atoms with E-state index in [1.54, 1.807) is 0 Å². The Balaban J connectivity index is 2.06. The molecule has 0 spiro atoms. The molecule has 7 atom stereocenters. The minimum atomic E-state index is -1.56. The zero-order valence-electron chi connectivity index (χ0n) is 56.8. The third kappa shape index (κ3) is 54.8. The van der Waals surface area contributed by atoms with Crippen LogP contribution in [0.25, 0.3) is 0 Å². The van der Waals surface area contributed by atoms with Gasteiger partial charge in [-0.25, -0.2) is 0 Å². The number of amides is 1. The van der Waals surface area contributed by atoms with Crippen LogP contribution in [0.2, 0.25) is 0 Å². The van der Waals surface area contributed by atoms with Gasteiger partial charge in [0, 0.05) is 6.42 Å². The number of unbranched alkanes of at least 4 members (excludes halogenated alkanes) is 41. The monoisotopic (exact) mass is 1220 g/mol. The largest absolute Gasteiger partial charge is 0.394 e. The van der Waals surface area contributed by atoms with Crippen molar-refractivity contribution in [1.29, 1.82) is 0 Å². The number of allylic oxidation sites excluding steroid dienone is 14. The van der Waals surface area contributed by atoms with Crippen molar-refractivity contribution in [2.45, 2.75) is 391 Å². The van der Waals surface area contributed by atoms with Crippen LogP contribution in [0.15, 0.2) is 85.1 Å². The number of hydrogen-bond acceptors (Lipinski definition) is 8. The summed E-state index contributed by atoms with van der Waals surface area (Å²) in [5.41, 5.74) is 0. The molecule has 506 valence electrons. The molecule has 0 aliphatic carbocycles. The van der Waals surface area contributed by atoms with Gasteiger partial charge in [-0.15, -0.1) is 0 Å². The third-order valence-electron chi connectivity index (χ3n) is 17.5. The molecule has 0 aromatic rings. The highest BCUT2D eigenvalue weighted by molar-refractivity contribution is 5.76. The number of carbonyl (C=O) groups is 1. The van der Waals surface area contributed by atoms with E-state index in [0.29, 0.717) is 12.8 Å². The SMILES string of the molecule is CC/C=C\C/C=C\C/C=C\C/C=C\C/C=C\C/C=C\C/C=C\CCCCCCCCCCCCCCCCCCCCCC(=O)NC(COC1OC(CO)C(O)C(O)C1O)C(O)CCCCCCCCCCCCCCCCCCCCCCCCC. The van der Waals surface area contributed by atoms with Gasteiger partial charge in [0.15, 0.2) is 6.29 Å². The van der Waals surface area contributed by atoms with Crippen LogP contribution in [0.3, 0.4) is 0 Å². The Bertz CT molecular complexity index is 1650. The minimum Gasteiger partial charge on any atom is -0.394 e. The maximum absolute atomic E-state index is 13.2. The van der Waals surface area contributed by atoms with Gasteiger partial charge in [0.05, 0.1) is 25.4 Å². The molecular formula is C78H141NO8. The quantitative estimate of drug-likeness (QED) is 0.0261. The zero-order chi connectivity index (χ0) is 62.8.